The number of pyridine rings is 1. The normalized spacial score (nSPS) is 15.7. The summed E-state index contributed by atoms with van der Waals surface area (Å²) < 4.78 is 2.04. The van der Waals surface area contributed by atoms with Gasteiger partial charge in [-0.3, -0.25) is 4.98 Å². The monoisotopic (exact) mass is 531 g/mol. The third kappa shape index (κ3) is 6.03. The van der Waals surface area contributed by atoms with E-state index in [4.69, 9.17) is 4.99 Å². The van der Waals surface area contributed by atoms with Gasteiger partial charge in [0.05, 0.1) is 18.8 Å². The second-order valence-electron chi connectivity index (χ2n) is 7.47. The van der Waals surface area contributed by atoms with Crippen molar-refractivity contribution in [2.75, 3.05) is 6.54 Å². The number of hydrogen-bond acceptors (Lipinski definition) is 4. The number of aromatic nitrogens is 4. The summed E-state index contributed by atoms with van der Waals surface area (Å²) in [5.74, 6) is 2.86. The van der Waals surface area contributed by atoms with Crippen molar-refractivity contribution in [1.29, 1.82) is 0 Å². The first-order chi connectivity index (χ1) is 14.7. The SMILES string of the molecule is CCNC(=NCc1cccc(-c2ccccn2)c1)NC1CCc2nc(CC)nn2C1.I. The molecule has 3 aromatic rings. The highest BCUT2D eigenvalue weighted by molar-refractivity contribution is 14.0. The minimum Gasteiger partial charge on any atom is -0.357 e. The maximum absolute atomic E-state index is 4.82. The molecular formula is C23H30IN7. The van der Waals surface area contributed by atoms with Crippen molar-refractivity contribution in [2.24, 2.45) is 4.99 Å². The molecule has 1 aliphatic rings. The fourth-order valence-electron chi connectivity index (χ4n) is 3.67. The van der Waals surface area contributed by atoms with E-state index in [2.05, 4.69) is 63.8 Å². The molecule has 0 saturated carbocycles. The number of rotatable bonds is 6. The van der Waals surface area contributed by atoms with Crippen molar-refractivity contribution in [2.45, 2.75) is 52.2 Å². The number of halogens is 1. The molecule has 8 heteroatoms. The predicted molar refractivity (Wildman–Crippen MR) is 135 cm³/mol. The number of aliphatic imine (C=N–C) groups is 1. The third-order valence-electron chi connectivity index (χ3n) is 5.21. The van der Waals surface area contributed by atoms with Gasteiger partial charge in [0.15, 0.2) is 11.8 Å². The van der Waals surface area contributed by atoms with E-state index in [9.17, 15) is 0 Å². The molecule has 3 heterocycles. The average molecular weight is 531 g/mol. The van der Waals surface area contributed by atoms with E-state index >= 15 is 0 Å². The number of fused-ring (bicyclic) bond motifs is 1. The Morgan fingerprint density at radius 2 is 2.10 bits per heavy atom. The van der Waals surface area contributed by atoms with Gasteiger partial charge in [0.2, 0.25) is 0 Å². The fraction of sp³-hybridized carbons (Fsp3) is 0.391. The van der Waals surface area contributed by atoms with E-state index in [1.165, 1.54) is 0 Å². The molecule has 0 aliphatic carbocycles. The number of nitrogens with zero attached hydrogens (tertiary/aromatic N) is 5. The second kappa shape index (κ2) is 11.2. The average Bonchev–Trinajstić information content (AvgIpc) is 3.21. The van der Waals surface area contributed by atoms with Crippen molar-refractivity contribution in [1.82, 2.24) is 30.4 Å². The van der Waals surface area contributed by atoms with Crippen LogP contribution in [0.2, 0.25) is 0 Å². The lowest BCUT2D eigenvalue weighted by molar-refractivity contribution is 0.392. The van der Waals surface area contributed by atoms with Gasteiger partial charge in [0.25, 0.3) is 0 Å². The lowest BCUT2D eigenvalue weighted by Crippen LogP contribution is -2.47. The fourth-order valence-corrected chi connectivity index (χ4v) is 3.67. The Labute approximate surface area is 200 Å². The Morgan fingerprint density at radius 3 is 2.87 bits per heavy atom. The van der Waals surface area contributed by atoms with Crippen LogP contribution >= 0.6 is 24.0 Å². The lowest BCUT2D eigenvalue weighted by Gasteiger charge is -2.25. The maximum atomic E-state index is 4.82. The molecule has 0 amide bonds. The standard InChI is InChI=1S/C23H29N7.HI/c1-3-21-28-22-12-11-19(16-30(22)29-21)27-23(24-4-2)26-15-17-8-7-9-18(14-17)20-10-5-6-13-25-20;/h5-10,13-14,19H,3-4,11-12,15-16H2,1-2H3,(H2,24,26,27);1H. The Balaban J connectivity index is 0.00000272. The Kier molecular flexibility index (Phi) is 8.39. The van der Waals surface area contributed by atoms with Crippen LogP contribution in [0.25, 0.3) is 11.3 Å². The van der Waals surface area contributed by atoms with Crippen LogP contribution in [0.5, 0.6) is 0 Å². The zero-order chi connectivity index (χ0) is 20.8. The Morgan fingerprint density at radius 1 is 1.19 bits per heavy atom. The van der Waals surface area contributed by atoms with Gasteiger partial charge in [0, 0.05) is 37.2 Å². The van der Waals surface area contributed by atoms with Gasteiger partial charge < -0.3 is 10.6 Å². The summed E-state index contributed by atoms with van der Waals surface area (Å²) in [6.07, 6.45) is 4.67. The summed E-state index contributed by atoms with van der Waals surface area (Å²) in [5, 5.41) is 11.6. The topological polar surface area (TPSA) is 80.0 Å². The molecular weight excluding hydrogens is 501 g/mol. The summed E-state index contributed by atoms with van der Waals surface area (Å²) in [6, 6.07) is 14.7. The predicted octanol–water partition coefficient (Wildman–Crippen LogP) is 3.59. The highest BCUT2D eigenvalue weighted by Gasteiger charge is 2.22. The van der Waals surface area contributed by atoms with Gasteiger partial charge in [-0.25, -0.2) is 14.7 Å². The van der Waals surface area contributed by atoms with Gasteiger partial charge in [-0.2, -0.15) is 5.10 Å². The van der Waals surface area contributed by atoms with Gasteiger partial charge >= 0.3 is 0 Å². The highest BCUT2D eigenvalue weighted by atomic mass is 127. The molecule has 0 saturated heterocycles. The quantitative estimate of drug-likeness (QED) is 0.289. The first kappa shape index (κ1) is 23.2. The van der Waals surface area contributed by atoms with Crippen LogP contribution in [0, 0.1) is 0 Å². The van der Waals surface area contributed by atoms with Crippen LogP contribution in [-0.2, 0) is 25.9 Å². The van der Waals surface area contributed by atoms with E-state index < -0.39 is 0 Å². The molecule has 0 radical (unpaired) electrons. The zero-order valence-corrected chi connectivity index (χ0v) is 20.4. The first-order valence-electron chi connectivity index (χ1n) is 10.7. The third-order valence-corrected chi connectivity index (χ3v) is 5.21. The minimum absolute atomic E-state index is 0. The largest absolute Gasteiger partial charge is 0.357 e. The minimum atomic E-state index is 0. The van der Waals surface area contributed by atoms with Gasteiger partial charge in [-0.15, -0.1) is 24.0 Å². The van der Waals surface area contributed by atoms with Gasteiger partial charge in [0.1, 0.15) is 5.82 Å². The van der Waals surface area contributed by atoms with E-state index in [1.807, 2.05) is 29.1 Å². The van der Waals surface area contributed by atoms with Crippen molar-refractivity contribution < 1.29 is 0 Å². The van der Waals surface area contributed by atoms with Crippen molar-refractivity contribution in [3.8, 4) is 11.3 Å². The number of nitrogens with one attached hydrogen (secondary N) is 2. The summed E-state index contributed by atoms with van der Waals surface area (Å²) in [7, 11) is 0. The number of benzene rings is 1. The van der Waals surface area contributed by atoms with Crippen molar-refractivity contribution in [3.63, 3.8) is 0 Å². The molecule has 1 aliphatic heterocycles. The molecule has 7 nitrogen and oxygen atoms in total. The highest BCUT2D eigenvalue weighted by Crippen LogP contribution is 2.18. The maximum Gasteiger partial charge on any atom is 0.191 e. The number of aryl methyl sites for hydroxylation is 2. The zero-order valence-electron chi connectivity index (χ0n) is 18.1. The van der Waals surface area contributed by atoms with Crippen molar-refractivity contribution >= 4 is 29.9 Å². The Bertz CT molecular complexity index is 1000. The van der Waals surface area contributed by atoms with Gasteiger partial charge in [-0.05, 0) is 37.1 Å². The van der Waals surface area contributed by atoms with Gasteiger partial charge in [-0.1, -0.05) is 31.2 Å². The van der Waals surface area contributed by atoms with E-state index in [-0.39, 0.29) is 24.0 Å². The lowest BCUT2D eigenvalue weighted by atomic mass is 10.1. The van der Waals surface area contributed by atoms with Crippen LogP contribution in [-0.4, -0.2) is 38.3 Å². The molecule has 0 spiro atoms. The molecule has 2 aromatic heterocycles. The smallest absolute Gasteiger partial charge is 0.191 e. The molecule has 31 heavy (non-hydrogen) atoms. The summed E-state index contributed by atoms with van der Waals surface area (Å²) in [4.78, 5) is 13.9. The summed E-state index contributed by atoms with van der Waals surface area (Å²) >= 11 is 0. The van der Waals surface area contributed by atoms with Crippen molar-refractivity contribution in [3.05, 3.63) is 65.9 Å². The van der Waals surface area contributed by atoms with Crippen LogP contribution < -0.4 is 10.6 Å². The van der Waals surface area contributed by atoms with E-state index in [0.717, 1.165) is 66.8 Å². The summed E-state index contributed by atoms with van der Waals surface area (Å²) in [6.45, 7) is 6.43. The van der Waals surface area contributed by atoms with Crippen LogP contribution in [0.15, 0.2) is 53.7 Å². The molecule has 2 N–H and O–H groups in total. The second-order valence-corrected chi connectivity index (χ2v) is 7.47. The molecule has 1 atom stereocenters. The van der Waals surface area contributed by atoms with Crippen LogP contribution in [0.4, 0.5) is 0 Å². The Hall–Kier alpha value is -2.49. The molecule has 0 fully saturated rings. The molecule has 4 rings (SSSR count). The number of guanidine groups is 1. The summed E-state index contributed by atoms with van der Waals surface area (Å²) in [5.41, 5.74) is 3.25. The molecule has 1 unspecified atom stereocenters. The van der Waals surface area contributed by atoms with E-state index in [1.54, 1.807) is 0 Å². The van der Waals surface area contributed by atoms with E-state index in [0.29, 0.717) is 12.6 Å². The van der Waals surface area contributed by atoms with Crippen LogP contribution in [0.3, 0.4) is 0 Å². The number of hydrogen-bond donors (Lipinski definition) is 2. The molecule has 1 aromatic carbocycles. The molecule has 0 bridgehead atoms. The first-order valence-corrected chi connectivity index (χ1v) is 10.7. The van der Waals surface area contributed by atoms with Crippen LogP contribution in [0.1, 0.15) is 37.5 Å². The molecule has 164 valence electrons.